The van der Waals surface area contributed by atoms with Crippen molar-refractivity contribution in [3.8, 4) is 0 Å². The zero-order valence-electron chi connectivity index (χ0n) is 18.3. The molecule has 164 valence electrons. The van der Waals surface area contributed by atoms with Crippen LogP contribution in [0.2, 0.25) is 0 Å². The fourth-order valence-electron chi connectivity index (χ4n) is 3.45. The topological polar surface area (TPSA) is 95.7 Å². The van der Waals surface area contributed by atoms with E-state index in [1.54, 1.807) is 13.8 Å². The highest BCUT2D eigenvalue weighted by atomic mass is 16.4. The molecule has 0 radical (unpaired) electrons. The number of nitrogens with zero attached hydrogens (tertiary/aromatic N) is 1. The summed E-state index contributed by atoms with van der Waals surface area (Å²) in [5.41, 5.74) is 4.13. The molecule has 0 spiro atoms. The number of allylic oxidation sites excluding steroid dienone is 2. The predicted molar refractivity (Wildman–Crippen MR) is 128 cm³/mol. The number of aliphatic carboxylic acids is 1. The van der Waals surface area contributed by atoms with Gasteiger partial charge in [-0.1, -0.05) is 54.6 Å². The summed E-state index contributed by atoms with van der Waals surface area (Å²) < 4.78 is 0. The molecule has 6 nitrogen and oxygen atoms in total. The van der Waals surface area contributed by atoms with E-state index in [2.05, 4.69) is 11.9 Å². The number of carbonyl (C=O) groups is 2. The second-order valence-electron chi connectivity index (χ2n) is 7.76. The minimum Gasteiger partial charge on any atom is -0.481 e. The number of carboxylic acids is 1. The maximum atomic E-state index is 12.6. The first-order chi connectivity index (χ1) is 15.2. The standard InChI is InChI=1S/C26H27N3O3/c1-17(2)24(15-25(30)31)18(3)29(27)16-19-8-12-23(13-9-19)28-26(32)22-11-10-20-6-4-5-7-21(20)14-22/h4-14H,1,15-16,27H2,2-3H3,(H,28,32)(H,30,31)/b24-18-. The summed E-state index contributed by atoms with van der Waals surface area (Å²) in [7, 11) is 0. The molecule has 0 saturated heterocycles. The van der Waals surface area contributed by atoms with Crippen molar-refractivity contribution in [3.63, 3.8) is 0 Å². The van der Waals surface area contributed by atoms with Crippen LogP contribution in [0.25, 0.3) is 10.8 Å². The monoisotopic (exact) mass is 429 g/mol. The lowest BCUT2D eigenvalue weighted by molar-refractivity contribution is -0.136. The summed E-state index contributed by atoms with van der Waals surface area (Å²) in [6, 6.07) is 20.9. The van der Waals surface area contributed by atoms with Crippen molar-refractivity contribution >= 4 is 28.3 Å². The van der Waals surface area contributed by atoms with Gasteiger partial charge in [-0.2, -0.15) is 0 Å². The van der Waals surface area contributed by atoms with Crippen LogP contribution in [0.15, 0.2) is 90.2 Å². The van der Waals surface area contributed by atoms with Crippen molar-refractivity contribution in [3.05, 3.63) is 101 Å². The normalized spacial score (nSPS) is 11.6. The third kappa shape index (κ3) is 5.62. The molecule has 4 N–H and O–H groups in total. The number of anilines is 1. The molecule has 0 aromatic heterocycles. The van der Waals surface area contributed by atoms with E-state index in [1.165, 1.54) is 5.01 Å². The maximum Gasteiger partial charge on any atom is 0.307 e. The molecule has 0 aliphatic carbocycles. The molecular weight excluding hydrogens is 402 g/mol. The highest BCUT2D eigenvalue weighted by Crippen LogP contribution is 2.21. The number of nitrogens with two attached hydrogens (primary N) is 1. The van der Waals surface area contributed by atoms with Gasteiger partial charge in [-0.05, 0) is 60.0 Å². The van der Waals surface area contributed by atoms with Gasteiger partial charge < -0.3 is 15.4 Å². The van der Waals surface area contributed by atoms with Crippen LogP contribution in [-0.2, 0) is 11.3 Å². The molecule has 3 aromatic carbocycles. The van der Waals surface area contributed by atoms with Crippen LogP contribution in [0.4, 0.5) is 5.69 Å². The number of benzene rings is 3. The van der Waals surface area contributed by atoms with Gasteiger partial charge in [0.1, 0.15) is 0 Å². The number of nitrogens with one attached hydrogen (secondary N) is 1. The van der Waals surface area contributed by atoms with E-state index in [1.807, 2.05) is 66.7 Å². The van der Waals surface area contributed by atoms with Crippen LogP contribution in [-0.4, -0.2) is 22.0 Å². The minimum atomic E-state index is -0.928. The summed E-state index contributed by atoms with van der Waals surface area (Å²) in [5, 5.41) is 15.6. The summed E-state index contributed by atoms with van der Waals surface area (Å²) >= 11 is 0. The molecule has 1 amide bonds. The van der Waals surface area contributed by atoms with E-state index in [0.29, 0.717) is 34.6 Å². The lowest BCUT2D eigenvalue weighted by Gasteiger charge is -2.23. The summed E-state index contributed by atoms with van der Waals surface area (Å²) in [6.45, 7) is 7.80. The zero-order chi connectivity index (χ0) is 23.3. The summed E-state index contributed by atoms with van der Waals surface area (Å²) in [4.78, 5) is 23.8. The predicted octanol–water partition coefficient (Wildman–Crippen LogP) is 5.09. The number of fused-ring (bicyclic) bond motifs is 1. The van der Waals surface area contributed by atoms with Crippen LogP contribution < -0.4 is 11.2 Å². The molecule has 32 heavy (non-hydrogen) atoms. The molecule has 0 bridgehead atoms. The number of rotatable bonds is 8. The molecule has 0 aliphatic rings. The van der Waals surface area contributed by atoms with Crippen molar-refractivity contribution in [1.29, 1.82) is 0 Å². The smallest absolute Gasteiger partial charge is 0.307 e. The molecule has 3 rings (SSSR count). The van der Waals surface area contributed by atoms with E-state index in [9.17, 15) is 9.59 Å². The number of hydrazine groups is 1. The number of hydrogen-bond donors (Lipinski definition) is 3. The van der Waals surface area contributed by atoms with E-state index < -0.39 is 5.97 Å². The van der Waals surface area contributed by atoms with Gasteiger partial charge in [0.05, 0.1) is 13.0 Å². The molecule has 0 atom stereocenters. The van der Waals surface area contributed by atoms with Crippen molar-refractivity contribution in [1.82, 2.24) is 5.01 Å². The zero-order valence-corrected chi connectivity index (χ0v) is 18.3. The Balaban J connectivity index is 1.68. The Hall–Kier alpha value is -3.90. The van der Waals surface area contributed by atoms with Crippen molar-refractivity contribution < 1.29 is 14.7 Å². The molecule has 0 unspecified atom stereocenters. The average Bonchev–Trinajstić information content (AvgIpc) is 2.77. The van der Waals surface area contributed by atoms with Gasteiger partial charge in [-0.3, -0.25) is 9.59 Å². The van der Waals surface area contributed by atoms with Gasteiger partial charge in [0, 0.05) is 16.9 Å². The Bertz CT molecular complexity index is 1200. The van der Waals surface area contributed by atoms with E-state index >= 15 is 0 Å². The lowest BCUT2D eigenvalue weighted by Crippen LogP contribution is -2.30. The number of amides is 1. The van der Waals surface area contributed by atoms with Crippen LogP contribution in [0.3, 0.4) is 0 Å². The van der Waals surface area contributed by atoms with Crippen LogP contribution in [0.5, 0.6) is 0 Å². The molecule has 0 aliphatic heterocycles. The Morgan fingerprint density at radius 1 is 1.00 bits per heavy atom. The highest BCUT2D eigenvalue weighted by molar-refractivity contribution is 6.06. The van der Waals surface area contributed by atoms with E-state index in [-0.39, 0.29) is 12.3 Å². The van der Waals surface area contributed by atoms with Crippen molar-refractivity contribution in [2.45, 2.75) is 26.8 Å². The quantitative estimate of drug-likeness (QED) is 0.263. The van der Waals surface area contributed by atoms with Crippen molar-refractivity contribution in [2.24, 2.45) is 5.84 Å². The molecule has 0 saturated carbocycles. The van der Waals surface area contributed by atoms with E-state index in [4.69, 9.17) is 10.9 Å². The van der Waals surface area contributed by atoms with Gasteiger partial charge in [0.2, 0.25) is 0 Å². The SMILES string of the molecule is C=C(C)/C(CC(=O)O)=C(/C)N(N)Cc1ccc(NC(=O)c2ccc3ccccc3c2)cc1. The first kappa shape index (κ1) is 22.8. The van der Waals surface area contributed by atoms with E-state index in [0.717, 1.165) is 16.3 Å². The highest BCUT2D eigenvalue weighted by Gasteiger charge is 2.13. The van der Waals surface area contributed by atoms with Crippen molar-refractivity contribution in [2.75, 3.05) is 5.32 Å². The maximum absolute atomic E-state index is 12.6. The fraction of sp³-hybridized carbons (Fsp3) is 0.154. The first-order valence-electron chi connectivity index (χ1n) is 10.2. The number of carboxylic acid groups (broad SMARTS) is 1. The first-order valence-corrected chi connectivity index (χ1v) is 10.2. The fourth-order valence-corrected chi connectivity index (χ4v) is 3.45. The summed E-state index contributed by atoms with van der Waals surface area (Å²) in [6.07, 6.45) is -0.130. The van der Waals surface area contributed by atoms with Crippen LogP contribution in [0.1, 0.15) is 36.2 Å². The Kier molecular flexibility index (Phi) is 7.07. The number of hydrogen-bond acceptors (Lipinski definition) is 4. The second-order valence-corrected chi connectivity index (χ2v) is 7.76. The third-order valence-electron chi connectivity index (χ3n) is 5.29. The van der Waals surface area contributed by atoms with Crippen LogP contribution >= 0.6 is 0 Å². The second kappa shape index (κ2) is 9.94. The molecule has 0 fully saturated rings. The molecular formula is C26H27N3O3. The average molecular weight is 430 g/mol. The lowest BCUT2D eigenvalue weighted by atomic mass is 10.0. The Morgan fingerprint density at radius 2 is 1.66 bits per heavy atom. The largest absolute Gasteiger partial charge is 0.481 e. The summed E-state index contributed by atoms with van der Waals surface area (Å²) in [5.74, 6) is 5.07. The molecule has 3 aromatic rings. The number of carbonyl (C=O) groups excluding carboxylic acids is 1. The van der Waals surface area contributed by atoms with Gasteiger partial charge in [-0.25, -0.2) is 5.84 Å². The Labute approximate surface area is 187 Å². The third-order valence-corrected chi connectivity index (χ3v) is 5.29. The molecule has 0 heterocycles. The minimum absolute atomic E-state index is 0.130. The van der Waals surface area contributed by atoms with Gasteiger partial charge in [0.25, 0.3) is 5.91 Å². The van der Waals surface area contributed by atoms with Crippen LogP contribution in [0, 0.1) is 0 Å². The Morgan fingerprint density at radius 3 is 2.28 bits per heavy atom. The molecule has 6 heteroatoms. The van der Waals surface area contributed by atoms with Gasteiger partial charge in [-0.15, -0.1) is 0 Å². The van der Waals surface area contributed by atoms with Gasteiger partial charge in [0.15, 0.2) is 0 Å². The van der Waals surface area contributed by atoms with Gasteiger partial charge >= 0.3 is 5.97 Å².